The quantitative estimate of drug-likeness (QED) is 0.854. The van der Waals surface area contributed by atoms with Crippen LogP contribution in [0.25, 0.3) is 0 Å². The van der Waals surface area contributed by atoms with Crippen LogP contribution in [0.2, 0.25) is 0 Å². The van der Waals surface area contributed by atoms with Gasteiger partial charge in [0.2, 0.25) is 0 Å². The van der Waals surface area contributed by atoms with Gasteiger partial charge in [0.1, 0.15) is 0 Å². The smallest absolute Gasteiger partial charge is 0.0208 e. The Morgan fingerprint density at radius 1 is 1.12 bits per heavy atom. The molecular weight excluding hydrogens is 208 g/mol. The van der Waals surface area contributed by atoms with Crippen LogP contribution in [-0.2, 0) is 19.4 Å². The Kier molecular flexibility index (Phi) is 3.44. The van der Waals surface area contributed by atoms with Gasteiger partial charge in [-0.05, 0) is 62.0 Å². The van der Waals surface area contributed by atoms with Gasteiger partial charge in [0, 0.05) is 13.1 Å². The number of nitrogens with zero attached hydrogens (tertiary/aromatic N) is 1. The van der Waals surface area contributed by atoms with Crippen LogP contribution < -0.4 is 5.32 Å². The Morgan fingerprint density at radius 2 is 2.00 bits per heavy atom. The monoisotopic (exact) mass is 230 g/mol. The molecule has 0 aliphatic carbocycles. The van der Waals surface area contributed by atoms with Crippen LogP contribution in [0.1, 0.15) is 29.5 Å². The van der Waals surface area contributed by atoms with E-state index >= 15 is 0 Å². The number of hydrogen-bond acceptors (Lipinski definition) is 2. The van der Waals surface area contributed by atoms with Crippen molar-refractivity contribution in [1.82, 2.24) is 10.2 Å². The lowest BCUT2D eigenvalue weighted by Gasteiger charge is -2.19. The molecule has 17 heavy (non-hydrogen) atoms. The van der Waals surface area contributed by atoms with Gasteiger partial charge >= 0.3 is 0 Å². The van der Waals surface area contributed by atoms with Gasteiger partial charge < -0.3 is 10.2 Å². The highest BCUT2D eigenvalue weighted by molar-refractivity contribution is 5.33. The molecule has 2 nitrogen and oxygen atoms in total. The minimum absolute atomic E-state index is 1.06. The Labute approximate surface area is 104 Å². The molecule has 0 aromatic heterocycles. The summed E-state index contributed by atoms with van der Waals surface area (Å²) in [7, 11) is 0. The zero-order valence-electron chi connectivity index (χ0n) is 10.5. The molecule has 0 radical (unpaired) electrons. The first-order valence-corrected chi connectivity index (χ1v) is 6.95. The maximum atomic E-state index is 3.43. The fraction of sp³-hybridized carbons (Fsp3) is 0.600. The fourth-order valence-corrected chi connectivity index (χ4v) is 2.98. The van der Waals surface area contributed by atoms with Crippen molar-refractivity contribution in [2.75, 3.05) is 26.2 Å². The molecule has 2 aliphatic heterocycles. The third-order valence-electron chi connectivity index (χ3n) is 4.07. The highest BCUT2D eigenvalue weighted by Gasteiger charge is 2.12. The van der Waals surface area contributed by atoms with Crippen molar-refractivity contribution in [3.8, 4) is 0 Å². The van der Waals surface area contributed by atoms with Gasteiger partial charge in [-0.3, -0.25) is 0 Å². The van der Waals surface area contributed by atoms with Crippen LogP contribution >= 0.6 is 0 Å². The molecule has 92 valence electrons. The number of nitrogens with one attached hydrogen (secondary N) is 1. The number of benzene rings is 1. The van der Waals surface area contributed by atoms with Gasteiger partial charge in [0.25, 0.3) is 0 Å². The summed E-state index contributed by atoms with van der Waals surface area (Å²) in [5, 5.41) is 3.43. The van der Waals surface area contributed by atoms with E-state index in [-0.39, 0.29) is 0 Å². The maximum Gasteiger partial charge on any atom is 0.0208 e. The second-order valence-corrected chi connectivity index (χ2v) is 5.33. The molecule has 1 fully saturated rings. The summed E-state index contributed by atoms with van der Waals surface area (Å²) in [6, 6.07) is 7.08. The second kappa shape index (κ2) is 5.19. The van der Waals surface area contributed by atoms with Gasteiger partial charge in [-0.1, -0.05) is 18.2 Å². The van der Waals surface area contributed by atoms with E-state index in [2.05, 4.69) is 28.4 Å². The number of hydrogen-bond donors (Lipinski definition) is 1. The van der Waals surface area contributed by atoms with E-state index in [1.165, 1.54) is 56.4 Å². The normalized spacial score (nSPS) is 20.5. The largest absolute Gasteiger partial charge is 0.312 e. The first-order chi connectivity index (χ1) is 8.42. The molecule has 2 aliphatic rings. The summed E-state index contributed by atoms with van der Waals surface area (Å²) in [5.74, 6) is 0. The zero-order valence-corrected chi connectivity index (χ0v) is 10.5. The summed E-state index contributed by atoms with van der Waals surface area (Å²) in [4.78, 5) is 2.60. The lowest BCUT2D eigenvalue weighted by atomic mass is 9.97. The van der Waals surface area contributed by atoms with Crippen molar-refractivity contribution < 1.29 is 0 Å². The topological polar surface area (TPSA) is 15.3 Å². The SMILES string of the molecule is c1cc2c(cc1CCN1CCCC1)CCNC2. The Bertz CT molecular complexity index is 381. The molecule has 0 spiro atoms. The molecule has 1 aromatic rings. The Balaban J connectivity index is 1.62. The fourth-order valence-electron chi connectivity index (χ4n) is 2.98. The van der Waals surface area contributed by atoms with Crippen LogP contribution in [0.4, 0.5) is 0 Å². The number of likely N-dealkylation sites (tertiary alicyclic amines) is 1. The summed E-state index contributed by atoms with van der Waals surface area (Å²) in [6.45, 7) is 6.07. The van der Waals surface area contributed by atoms with Crippen molar-refractivity contribution in [3.63, 3.8) is 0 Å². The lowest BCUT2D eigenvalue weighted by molar-refractivity contribution is 0.343. The first kappa shape index (κ1) is 11.2. The Hall–Kier alpha value is -0.860. The second-order valence-electron chi connectivity index (χ2n) is 5.33. The summed E-state index contributed by atoms with van der Waals surface area (Å²) >= 11 is 0. The van der Waals surface area contributed by atoms with E-state index in [9.17, 15) is 0 Å². The molecular formula is C15H22N2. The third-order valence-corrected chi connectivity index (χ3v) is 4.07. The molecule has 3 rings (SSSR count). The van der Waals surface area contributed by atoms with Gasteiger partial charge in [-0.25, -0.2) is 0 Å². The highest BCUT2D eigenvalue weighted by Crippen LogP contribution is 2.17. The van der Waals surface area contributed by atoms with Crippen molar-refractivity contribution in [2.45, 2.75) is 32.2 Å². The summed E-state index contributed by atoms with van der Waals surface area (Å²) in [5.41, 5.74) is 4.60. The van der Waals surface area contributed by atoms with Crippen molar-refractivity contribution in [3.05, 3.63) is 34.9 Å². The minimum Gasteiger partial charge on any atom is -0.312 e. The summed E-state index contributed by atoms with van der Waals surface area (Å²) < 4.78 is 0. The average Bonchev–Trinajstić information content (AvgIpc) is 2.89. The zero-order chi connectivity index (χ0) is 11.5. The predicted molar refractivity (Wildman–Crippen MR) is 71.2 cm³/mol. The molecule has 0 atom stereocenters. The molecule has 0 bridgehead atoms. The highest BCUT2D eigenvalue weighted by atomic mass is 15.1. The summed E-state index contributed by atoms with van der Waals surface area (Å²) in [6.07, 6.45) is 5.22. The van der Waals surface area contributed by atoms with E-state index in [4.69, 9.17) is 0 Å². The van der Waals surface area contributed by atoms with Crippen LogP contribution in [0.5, 0.6) is 0 Å². The van der Waals surface area contributed by atoms with Gasteiger partial charge in [0.15, 0.2) is 0 Å². The molecule has 2 heterocycles. The van der Waals surface area contributed by atoms with Crippen molar-refractivity contribution in [2.24, 2.45) is 0 Å². The van der Waals surface area contributed by atoms with Crippen LogP contribution in [0.3, 0.4) is 0 Å². The standard InChI is InChI=1S/C15H22N2/c1-2-9-17(8-1)10-6-13-3-4-15-12-16-7-5-14(15)11-13/h3-4,11,16H,1-2,5-10,12H2. The Morgan fingerprint density at radius 3 is 2.88 bits per heavy atom. The number of fused-ring (bicyclic) bond motifs is 1. The van der Waals surface area contributed by atoms with Crippen LogP contribution in [0.15, 0.2) is 18.2 Å². The maximum absolute atomic E-state index is 3.43. The van der Waals surface area contributed by atoms with E-state index in [0.717, 1.165) is 13.1 Å². The van der Waals surface area contributed by atoms with Crippen LogP contribution in [-0.4, -0.2) is 31.1 Å². The van der Waals surface area contributed by atoms with Crippen LogP contribution in [0, 0.1) is 0 Å². The van der Waals surface area contributed by atoms with Gasteiger partial charge in [-0.15, -0.1) is 0 Å². The van der Waals surface area contributed by atoms with Crippen molar-refractivity contribution >= 4 is 0 Å². The molecule has 0 unspecified atom stereocenters. The minimum atomic E-state index is 1.06. The lowest BCUT2D eigenvalue weighted by Crippen LogP contribution is -2.24. The van der Waals surface area contributed by atoms with Crippen molar-refractivity contribution in [1.29, 1.82) is 0 Å². The van der Waals surface area contributed by atoms with E-state index in [1.54, 1.807) is 5.56 Å². The van der Waals surface area contributed by atoms with E-state index in [1.807, 2.05) is 0 Å². The van der Waals surface area contributed by atoms with E-state index < -0.39 is 0 Å². The molecule has 1 aromatic carbocycles. The molecule has 1 saturated heterocycles. The molecule has 2 heteroatoms. The average molecular weight is 230 g/mol. The first-order valence-electron chi connectivity index (χ1n) is 6.95. The third kappa shape index (κ3) is 2.70. The molecule has 0 saturated carbocycles. The number of rotatable bonds is 3. The van der Waals surface area contributed by atoms with E-state index in [0.29, 0.717) is 0 Å². The van der Waals surface area contributed by atoms with Gasteiger partial charge in [0.05, 0.1) is 0 Å². The predicted octanol–water partition coefficient (Wildman–Crippen LogP) is 1.97. The molecule has 1 N–H and O–H groups in total. The van der Waals surface area contributed by atoms with Gasteiger partial charge in [-0.2, -0.15) is 0 Å². The molecule has 0 amide bonds.